The van der Waals surface area contributed by atoms with Crippen LogP contribution in [0.15, 0.2) is 24.3 Å². The second kappa shape index (κ2) is 5.35. The summed E-state index contributed by atoms with van der Waals surface area (Å²) in [5.41, 5.74) is -0.309. The van der Waals surface area contributed by atoms with Gasteiger partial charge in [0.1, 0.15) is 0 Å². The molecule has 0 saturated heterocycles. The highest BCUT2D eigenvalue weighted by atomic mass is 19.4. The van der Waals surface area contributed by atoms with Gasteiger partial charge in [0.2, 0.25) is 0 Å². The summed E-state index contributed by atoms with van der Waals surface area (Å²) >= 11 is 0. The van der Waals surface area contributed by atoms with Crippen molar-refractivity contribution in [3.05, 3.63) is 35.4 Å². The van der Waals surface area contributed by atoms with E-state index in [0.717, 1.165) is 37.8 Å². The van der Waals surface area contributed by atoms with E-state index < -0.39 is 11.7 Å². The van der Waals surface area contributed by atoms with Gasteiger partial charge in [-0.3, -0.25) is 4.79 Å². The largest absolute Gasteiger partial charge is 0.416 e. The van der Waals surface area contributed by atoms with Crippen LogP contribution in [0.5, 0.6) is 0 Å². The number of alkyl halides is 3. The van der Waals surface area contributed by atoms with E-state index in [0.29, 0.717) is 11.5 Å². The molecule has 4 heteroatoms. The zero-order chi connectivity index (χ0) is 14.0. The lowest BCUT2D eigenvalue weighted by Gasteiger charge is -2.11. The van der Waals surface area contributed by atoms with Crippen LogP contribution in [0.3, 0.4) is 0 Å². The van der Waals surface area contributed by atoms with Crippen LogP contribution >= 0.6 is 0 Å². The molecule has 0 N–H and O–H groups in total. The van der Waals surface area contributed by atoms with Crippen molar-refractivity contribution in [3.8, 4) is 0 Å². The average Bonchev–Trinajstić information content (AvgIpc) is 2.86. The van der Waals surface area contributed by atoms with Gasteiger partial charge in [0, 0.05) is 11.5 Å². The van der Waals surface area contributed by atoms with Gasteiger partial charge in [-0.2, -0.15) is 13.2 Å². The molecule has 1 saturated carbocycles. The molecule has 0 bridgehead atoms. The summed E-state index contributed by atoms with van der Waals surface area (Å²) < 4.78 is 37.3. The lowest BCUT2D eigenvalue weighted by molar-refractivity contribution is -0.137. The van der Waals surface area contributed by atoms with Crippen LogP contribution in [-0.2, 0) is 6.18 Å². The monoisotopic (exact) mass is 270 g/mol. The van der Waals surface area contributed by atoms with Gasteiger partial charge in [-0.15, -0.1) is 0 Å². The Labute approximate surface area is 110 Å². The molecule has 1 aliphatic carbocycles. The summed E-state index contributed by atoms with van der Waals surface area (Å²) in [5, 5.41) is 0. The third-order valence-corrected chi connectivity index (χ3v) is 3.99. The zero-order valence-electron chi connectivity index (χ0n) is 10.8. The van der Waals surface area contributed by atoms with Gasteiger partial charge in [-0.05, 0) is 37.3 Å². The molecule has 0 spiro atoms. The summed E-state index contributed by atoms with van der Waals surface area (Å²) in [6.07, 6.45) is -0.499. The molecule has 0 heterocycles. The first-order valence-electron chi connectivity index (χ1n) is 6.63. The number of Topliss-reactive ketones (excluding diaryl/α,β-unsaturated/α-hetero) is 1. The number of hydrogen-bond donors (Lipinski definition) is 0. The molecule has 2 rings (SSSR count). The molecule has 2 atom stereocenters. The first-order chi connectivity index (χ1) is 8.91. The van der Waals surface area contributed by atoms with Crippen LogP contribution in [-0.4, -0.2) is 5.78 Å². The van der Waals surface area contributed by atoms with Gasteiger partial charge in [0.15, 0.2) is 5.78 Å². The van der Waals surface area contributed by atoms with E-state index in [9.17, 15) is 18.0 Å². The van der Waals surface area contributed by atoms with Crippen LogP contribution in [0.4, 0.5) is 13.2 Å². The number of hydrogen-bond acceptors (Lipinski definition) is 1. The maximum Gasteiger partial charge on any atom is 0.416 e. The second-order valence-corrected chi connectivity index (χ2v) is 5.22. The van der Waals surface area contributed by atoms with Gasteiger partial charge in [-0.25, -0.2) is 0 Å². The fraction of sp³-hybridized carbons (Fsp3) is 0.533. The molecule has 19 heavy (non-hydrogen) atoms. The van der Waals surface area contributed by atoms with Crippen LogP contribution in [0.1, 0.15) is 48.5 Å². The van der Waals surface area contributed by atoms with Gasteiger partial charge in [0.05, 0.1) is 5.56 Å². The SMILES string of the molecule is CCC1CCC(C(=O)c2ccc(C(F)(F)F)cc2)C1. The van der Waals surface area contributed by atoms with Crippen molar-refractivity contribution in [2.75, 3.05) is 0 Å². The Kier molecular flexibility index (Phi) is 3.97. The van der Waals surface area contributed by atoms with Gasteiger partial charge < -0.3 is 0 Å². The number of benzene rings is 1. The zero-order valence-corrected chi connectivity index (χ0v) is 10.8. The molecule has 1 aromatic rings. The molecule has 0 amide bonds. The maximum absolute atomic E-state index is 12.4. The number of rotatable bonds is 3. The quantitative estimate of drug-likeness (QED) is 0.727. The van der Waals surface area contributed by atoms with E-state index in [1.165, 1.54) is 12.1 Å². The molecular formula is C15H17F3O. The third kappa shape index (κ3) is 3.17. The summed E-state index contributed by atoms with van der Waals surface area (Å²) in [7, 11) is 0. The summed E-state index contributed by atoms with van der Waals surface area (Å²) in [5.74, 6) is 0.565. The Morgan fingerprint density at radius 3 is 2.32 bits per heavy atom. The Bertz CT molecular complexity index is 447. The molecule has 1 fully saturated rings. The van der Waals surface area contributed by atoms with Crippen molar-refractivity contribution in [2.45, 2.75) is 38.8 Å². The molecule has 1 nitrogen and oxygen atoms in total. The molecule has 104 valence electrons. The maximum atomic E-state index is 12.4. The van der Waals surface area contributed by atoms with Crippen LogP contribution < -0.4 is 0 Å². The second-order valence-electron chi connectivity index (χ2n) is 5.22. The Morgan fingerprint density at radius 2 is 1.84 bits per heavy atom. The number of carbonyl (C=O) groups is 1. The molecule has 0 radical (unpaired) electrons. The minimum Gasteiger partial charge on any atom is -0.294 e. The predicted octanol–water partition coefficient (Wildman–Crippen LogP) is 4.71. The van der Waals surface area contributed by atoms with Crippen molar-refractivity contribution in [1.82, 2.24) is 0 Å². The fourth-order valence-electron chi connectivity index (χ4n) is 2.74. The summed E-state index contributed by atoms with van der Waals surface area (Å²) in [6.45, 7) is 2.11. The Hall–Kier alpha value is -1.32. The van der Waals surface area contributed by atoms with Gasteiger partial charge in [0.25, 0.3) is 0 Å². The van der Waals surface area contributed by atoms with E-state index in [1.54, 1.807) is 0 Å². The Morgan fingerprint density at radius 1 is 1.21 bits per heavy atom. The van der Waals surface area contributed by atoms with Crippen LogP contribution in [0.2, 0.25) is 0 Å². The minimum absolute atomic E-state index is 0.00956. The molecule has 2 unspecified atom stereocenters. The molecular weight excluding hydrogens is 253 g/mol. The van der Waals surface area contributed by atoms with Crippen molar-refractivity contribution in [1.29, 1.82) is 0 Å². The van der Waals surface area contributed by atoms with Crippen LogP contribution in [0.25, 0.3) is 0 Å². The Balaban J connectivity index is 2.08. The molecule has 1 aliphatic rings. The first kappa shape index (κ1) is 14.1. The van der Waals surface area contributed by atoms with Crippen molar-refractivity contribution in [2.24, 2.45) is 11.8 Å². The lowest BCUT2D eigenvalue weighted by Crippen LogP contribution is -2.12. The topological polar surface area (TPSA) is 17.1 Å². The van der Waals surface area contributed by atoms with E-state index >= 15 is 0 Å². The highest BCUT2D eigenvalue weighted by Gasteiger charge is 2.32. The van der Waals surface area contributed by atoms with Gasteiger partial charge in [-0.1, -0.05) is 25.5 Å². The average molecular weight is 270 g/mol. The highest BCUT2D eigenvalue weighted by molar-refractivity contribution is 5.98. The first-order valence-corrected chi connectivity index (χ1v) is 6.63. The van der Waals surface area contributed by atoms with Crippen LogP contribution in [0, 0.1) is 11.8 Å². The molecule has 1 aromatic carbocycles. The molecule has 0 aromatic heterocycles. The molecule has 0 aliphatic heterocycles. The predicted molar refractivity (Wildman–Crippen MR) is 66.9 cm³/mol. The minimum atomic E-state index is -4.34. The third-order valence-electron chi connectivity index (χ3n) is 3.99. The smallest absolute Gasteiger partial charge is 0.294 e. The van der Waals surface area contributed by atoms with Crippen molar-refractivity contribution < 1.29 is 18.0 Å². The van der Waals surface area contributed by atoms with E-state index in [2.05, 4.69) is 6.92 Å². The number of carbonyl (C=O) groups excluding carboxylic acids is 1. The summed E-state index contributed by atoms with van der Waals surface area (Å²) in [4.78, 5) is 12.2. The van der Waals surface area contributed by atoms with Crippen molar-refractivity contribution in [3.63, 3.8) is 0 Å². The van der Waals surface area contributed by atoms with Crippen molar-refractivity contribution >= 4 is 5.78 Å². The lowest BCUT2D eigenvalue weighted by atomic mass is 9.94. The normalized spacial score (nSPS) is 23.6. The van der Waals surface area contributed by atoms with E-state index in [1.807, 2.05) is 0 Å². The fourth-order valence-corrected chi connectivity index (χ4v) is 2.74. The number of halogens is 3. The highest BCUT2D eigenvalue weighted by Crippen LogP contribution is 2.35. The van der Waals surface area contributed by atoms with E-state index in [-0.39, 0.29) is 11.7 Å². The van der Waals surface area contributed by atoms with E-state index in [4.69, 9.17) is 0 Å². The number of ketones is 1. The summed E-state index contributed by atoms with van der Waals surface area (Å²) in [6, 6.07) is 4.56. The van der Waals surface area contributed by atoms with Gasteiger partial charge >= 0.3 is 6.18 Å². The standard InChI is InChI=1S/C15H17F3O/c1-2-10-3-4-12(9-10)14(19)11-5-7-13(8-6-11)15(16,17)18/h5-8,10,12H,2-4,9H2,1H3.